The number of furan rings is 1. The van der Waals surface area contributed by atoms with Crippen molar-refractivity contribution in [3.8, 4) is 0 Å². The van der Waals surface area contributed by atoms with Crippen LogP contribution in [0.1, 0.15) is 68.5 Å². The van der Waals surface area contributed by atoms with Crippen molar-refractivity contribution in [2.45, 2.75) is 70.2 Å². The van der Waals surface area contributed by atoms with Gasteiger partial charge >= 0.3 is 0 Å². The molecule has 1 aromatic carbocycles. The first-order valence-electron chi connectivity index (χ1n) is 11.1. The van der Waals surface area contributed by atoms with E-state index in [1.54, 1.807) is 22.5 Å². The zero-order chi connectivity index (χ0) is 21.5. The van der Waals surface area contributed by atoms with Crippen molar-refractivity contribution < 1.29 is 17.6 Å². The molecule has 2 heterocycles. The van der Waals surface area contributed by atoms with E-state index in [9.17, 15) is 13.2 Å². The number of fused-ring (bicyclic) bond motifs is 1. The number of piperidine rings is 1. The van der Waals surface area contributed by atoms with Crippen molar-refractivity contribution in [1.82, 2.24) is 9.62 Å². The molecule has 1 amide bonds. The van der Waals surface area contributed by atoms with Gasteiger partial charge in [-0.05, 0) is 62.6 Å². The van der Waals surface area contributed by atoms with Crippen LogP contribution in [-0.2, 0) is 10.0 Å². The summed E-state index contributed by atoms with van der Waals surface area (Å²) in [6.07, 6.45) is 6.23. The quantitative estimate of drug-likeness (QED) is 0.773. The monoisotopic (exact) mass is 432 g/mol. The molecule has 30 heavy (non-hydrogen) atoms. The summed E-state index contributed by atoms with van der Waals surface area (Å²) in [6, 6.07) is 5.07. The minimum Gasteiger partial charge on any atom is -0.451 e. The summed E-state index contributed by atoms with van der Waals surface area (Å²) in [6.45, 7) is 7.27. The van der Waals surface area contributed by atoms with Gasteiger partial charge in [0.05, 0.1) is 4.90 Å². The van der Waals surface area contributed by atoms with E-state index in [0.717, 1.165) is 32.1 Å². The number of carbonyl (C=O) groups is 1. The molecule has 2 aliphatic rings. The molecule has 1 aromatic heterocycles. The molecule has 0 spiro atoms. The Kier molecular flexibility index (Phi) is 5.95. The molecule has 7 heteroatoms. The molecule has 1 aliphatic heterocycles. The van der Waals surface area contributed by atoms with Crippen LogP contribution in [0, 0.1) is 18.8 Å². The summed E-state index contributed by atoms with van der Waals surface area (Å²) in [5, 5.41) is 3.81. The van der Waals surface area contributed by atoms with Gasteiger partial charge in [0, 0.05) is 30.1 Å². The van der Waals surface area contributed by atoms with Crippen molar-refractivity contribution in [3.63, 3.8) is 0 Å². The molecular weight excluding hydrogens is 400 g/mol. The van der Waals surface area contributed by atoms with Crippen LogP contribution in [0.15, 0.2) is 27.5 Å². The lowest BCUT2D eigenvalue weighted by Crippen LogP contribution is -2.41. The highest BCUT2D eigenvalue weighted by Crippen LogP contribution is 2.31. The van der Waals surface area contributed by atoms with E-state index in [-0.39, 0.29) is 22.6 Å². The van der Waals surface area contributed by atoms with E-state index in [0.29, 0.717) is 41.5 Å². The van der Waals surface area contributed by atoms with E-state index in [4.69, 9.17) is 4.42 Å². The smallest absolute Gasteiger partial charge is 0.287 e. The average Bonchev–Trinajstić information content (AvgIpc) is 3.06. The van der Waals surface area contributed by atoms with Crippen molar-refractivity contribution in [2.24, 2.45) is 11.8 Å². The second-order valence-electron chi connectivity index (χ2n) is 9.14. The number of sulfonamides is 1. The van der Waals surface area contributed by atoms with Gasteiger partial charge in [-0.25, -0.2) is 8.42 Å². The van der Waals surface area contributed by atoms with Crippen LogP contribution in [0.3, 0.4) is 0 Å². The maximum atomic E-state index is 13.1. The molecule has 0 bridgehead atoms. The van der Waals surface area contributed by atoms with Crippen LogP contribution >= 0.6 is 0 Å². The first-order chi connectivity index (χ1) is 14.3. The molecule has 2 atom stereocenters. The van der Waals surface area contributed by atoms with Gasteiger partial charge in [-0.2, -0.15) is 4.31 Å². The Hall–Kier alpha value is -1.86. The fraction of sp³-hybridized carbons (Fsp3) is 0.609. The standard InChI is InChI=1S/C23H32N2O4S/c1-15-10-12-25(13-11-15)30(27,28)18-8-9-21-19(14-18)17(3)22(29-21)23(26)24-20-7-5-4-6-16(20)2/h8-9,14-16,20H,4-7,10-13H2,1-3H3,(H,24,26). The van der Waals surface area contributed by atoms with Gasteiger partial charge in [0.15, 0.2) is 5.76 Å². The molecule has 1 saturated carbocycles. The predicted molar refractivity (Wildman–Crippen MR) is 117 cm³/mol. The lowest BCUT2D eigenvalue weighted by atomic mass is 9.86. The van der Waals surface area contributed by atoms with Gasteiger partial charge in [-0.3, -0.25) is 4.79 Å². The molecular formula is C23H32N2O4S. The number of aryl methyl sites for hydroxylation is 1. The van der Waals surface area contributed by atoms with Crippen LogP contribution in [0.25, 0.3) is 11.0 Å². The minimum absolute atomic E-state index is 0.163. The lowest BCUT2D eigenvalue weighted by Gasteiger charge is -2.29. The topological polar surface area (TPSA) is 79.6 Å². The van der Waals surface area contributed by atoms with E-state index < -0.39 is 10.0 Å². The van der Waals surface area contributed by atoms with Crippen LogP contribution in [0.2, 0.25) is 0 Å². The minimum atomic E-state index is -3.54. The molecule has 1 saturated heterocycles. The summed E-state index contributed by atoms with van der Waals surface area (Å²) in [7, 11) is -3.54. The third-order valence-electron chi connectivity index (χ3n) is 6.92. The second-order valence-corrected chi connectivity index (χ2v) is 11.1. The number of hydrogen-bond donors (Lipinski definition) is 1. The fourth-order valence-electron chi connectivity index (χ4n) is 4.72. The fourth-order valence-corrected chi connectivity index (χ4v) is 6.21. The molecule has 2 unspecified atom stereocenters. The van der Waals surface area contributed by atoms with Gasteiger partial charge in [0.25, 0.3) is 5.91 Å². The van der Waals surface area contributed by atoms with Crippen LogP contribution in [-0.4, -0.2) is 37.8 Å². The summed E-state index contributed by atoms with van der Waals surface area (Å²) in [5.41, 5.74) is 1.23. The van der Waals surface area contributed by atoms with E-state index >= 15 is 0 Å². The van der Waals surface area contributed by atoms with Gasteiger partial charge < -0.3 is 9.73 Å². The zero-order valence-corrected chi connectivity index (χ0v) is 18.9. The number of hydrogen-bond acceptors (Lipinski definition) is 4. The third kappa shape index (κ3) is 4.02. The lowest BCUT2D eigenvalue weighted by molar-refractivity contribution is 0.0883. The average molecular weight is 433 g/mol. The molecule has 164 valence electrons. The van der Waals surface area contributed by atoms with Crippen LogP contribution < -0.4 is 5.32 Å². The maximum absolute atomic E-state index is 13.1. The first kappa shape index (κ1) is 21.4. The number of carbonyl (C=O) groups excluding carboxylic acids is 1. The number of rotatable bonds is 4. The van der Waals surface area contributed by atoms with Crippen molar-refractivity contribution in [1.29, 1.82) is 0 Å². The van der Waals surface area contributed by atoms with Gasteiger partial charge in [-0.1, -0.05) is 26.7 Å². The maximum Gasteiger partial charge on any atom is 0.287 e. The highest BCUT2D eigenvalue weighted by atomic mass is 32.2. The van der Waals surface area contributed by atoms with E-state index in [1.165, 1.54) is 6.42 Å². The third-order valence-corrected chi connectivity index (χ3v) is 8.82. The Labute approximate surface area is 179 Å². The second kappa shape index (κ2) is 8.35. The predicted octanol–water partition coefficient (Wildman–Crippen LogP) is 4.47. The van der Waals surface area contributed by atoms with Crippen molar-refractivity contribution >= 4 is 26.9 Å². The van der Waals surface area contributed by atoms with E-state index in [2.05, 4.69) is 19.2 Å². The zero-order valence-electron chi connectivity index (χ0n) is 18.1. The normalized spacial score (nSPS) is 24.2. The van der Waals surface area contributed by atoms with Crippen LogP contribution in [0.4, 0.5) is 0 Å². The number of benzene rings is 1. The summed E-state index contributed by atoms with van der Waals surface area (Å²) >= 11 is 0. The highest BCUT2D eigenvalue weighted by molar-refractivity contribution is 7.89. The van der Waals surface area contributed by atoms with Crippen molar-refractivity contribution in [3.05, 3.63) is 29.5 Å². The molecule has 1 N–H and O–H groups in total. The number of nitrogens with one attached hydrogen (secondary N) is 1. The largest absolute Gasteiger partial charge is 0.451 e. The Morgan fingerprint density at radius 2 is 1.80 bits per heavy atom. The van der Waals surface area contributed by atoms with Crippen molar-refractivity contribution in [2.75, 3.05) is 13.1 Å². The first-order valence-corrected chi connectivity index (χ1v) is 12.6. The van der Waals surface area contributed by atoms with Gasteiger partial charge in [0.2, 0.25) is 10.0 Å². The Morgan fingerprint density at radius 3 is 2.50 bits per heavy atom. The SMILES string of the molecule is Cc1c(C(=O)NC2CCCCC2C)oc2ccc(S(=O)(=O)N3CCC(C)CC3)cc12. The summed E-state index contributed by atoms with van der Waals surface area (Å²) < 4.78 is 33.6. The Balaban J connectivity index is 1.59. The van der Waals surface area contributed by atoms with Gasteiger partial charge in [0.1, 0.15) is 5.58 Å². The number of amides is 1. The molecule has 2 fully saturated rings. The number of nitrogens with zero attached hydrogens (tertiary/aromatic N) is 1. The molecule has 6 nitrogen and oxygen atoms in total. The highest BCUT2D eigenvalue weighted by Gasteiger charge is 2.30. The Morgan fingerprint density at radius 1 is 1.10 bits per heavy atom. The Bertz CT molecular complexity index is 1030. The summed E-state index contributed by atoms with van der Waals surface area (Å²) in [4.78, 5) is 13.1. The molecule has 4 rings (SSSR count). The van der Waals surface area contributed by atoms with Crippen LogP contribution in [0.5, 0.6) is 0 Å². The molecule has 2 aromatic rings. The molecule has 0 radical (unpaired) electrons. The van der Waals surface area contributed by atoms with E-state index in [1.807, 2.05) is 6.92 Å². The molecule has 1 aliphatic carbocycles. The summed E-state index contributed by atoms with van der Waals surface area (Å²) in [5.74, 6) is 1.08. The van der Waals surface area contributed by atoms with Gasteiger partial charge in [-0.15, -0.1) is 0 Å².